The van der Waals surface area contributed by atoms with Crippen molar-refractivity contribution >= 4 is 5.82 Å². The van der Waals surface area contributed by atoms with Crippen molar-refractivity contribution in [3.63, 3.8) is 0 Å². The van der Waals surface area contributed by atoms with Crippen LogP contribution in [0.25, 0.3) is 4.85 Å². The van der Waals surface area contributed by atoms with Crippen molar-refractivity contribution in [2.45, 2.75) is 116 Å². The second kappa shape index (κ2) is 21.2. The largest absolute Gasteiger partial charge is 0.482 e. The zero-order chi connectivity index (χ0) is 23.1. The Hall–Kier alpha value is -1.64. The number of hydrogen-bond donors (Lipinski definition) is 1. The van der Waals surface area contributed by atoms with Crippen LogP contribution in [0.1, 0.15) is 110 Å². The summed E-state index contributed by atoms with van der Waals surface area (Å²) in [6.07, 6.45) is 22.9. The van der Waals surface area contributed by atoms with E-state index in [1.54, 1.807) is 12.1 Å². The summed E-state index contributed by atoms with van der Waals surface area (Å²) in [6.45, 7) is 10.1. The lowest BCUT2D eigenvalue weighted by atomic mass is 10.0. The Kier molecular flexibility index (Phi) is 18.8. The maximum Gasteiger partial charge on any atom is 0.269 e. The van der Waals surface area contributed by atoms with E-state index in [1.165, 1.54) is 103 Å². The molecule has 0 saturated heterocycles. The Bertz CT molecular complexity index is 571. The number of aliphatic hydroxyl groups excluding tert-OH is 1. The first-order valence-corrected chi connectivity index (χ1v) is 13.0. The Labute approximate surface area is 196 Å². The van der Waals surface area contributed by atoms with E-state index in [2.05, 4.69) is 16.8 Å². The van der Waals surface area contributed by atoms with Gasteiger partial charge in [-0.15, -0.1) is 4.98 Å². The molecule has 1 heterocycles. The van der Waals surface area contributed by atoms with Gasteiger partial charge < -0.3 is 19.4 Å². The molecule has 1 aromatic heterocycles. The summed E-state index contributed by atoms with van der Waals surface area (Å²) in [5, 5.41) is 9.46. The van der Waals surface area contributed by atoms with Gasteiger partial charge in [0.25, 0.3) is 5.82 Å². The molecule has 0 spiro atoms. The minimum Gasteiger partial charge on any atom is -0.482 e. The Morgan fingerprint density at radius 2 is 1.38 bits per heavy atom. The van der Waals surface area contributed by atoms with E-state index < -0.39 is 6.10 Å². The number of aromatic nitrogens is 1. The molecular formula is C27H46N2O3. The van der Waals surface area contributed by atoms with Gasteiger partial charge in [-0.1, -0.05) is 110 Å². The van der Waals surface area contributed by atoms with Crippen LogP contribution in [0.5, 0.6) is 5.75 Å². The van der Waals surface area contributed by atoms with Crippen LogP contribution in [0, 0.1) is 6.57 Å². The monoisotopic (exact) mass is 446 g/mol. The molecule has 182 valence electrons. The van der Waals surface area contributed by atoms with Crippen LogP contribution < -0.4 is 4.74 Å². The van der Waals surface area contributed by atoms with Crippen molar-refractivity contribution in [1.82, 2.24) is 4.98 Å². The summed E-state index contributed by atoms with van der Waals surface area (Å²) in [5.74, 6) is 0.875. The fourth-order valence-electron chi connectivity index (χ4n) is 3.79. The maximum atomic E-state index is 9.46. The van der Waals surface area contributed by atoms with Crippen molar-refractivity contribution in [3.05, 3.63) is 29.7 Å². The van der Waals surface area contributed by atoms with Crippen molar-refractivity contribution in [1.29, 1.82) is 0 Å². The van der Waals surface area contributed by atoms with Gasteiger partial charge in [0.1, 0.15) is 6.10 Å². The molecule has 0 aromatic carbocycles. The highest BCUT2D eigenvalue weighted by Gasteiger charge is 2.10. The average molecular weight is 447 g/mol. The van der Waals surface area contributed by atoms with E-state index in [1.807, 2.05) is 0 Å². The number of ether oxygens (including phenoxy) is 2. The zero-order valence-corrected chi connectivity index (χ0v) is 20.4. The molecule has 0 aliphatic rings. The van der Waals surface area contributed by atoms with E-state index in [9.17, 15) is 5.11 Å². The summed E-state index contributed by atoms with van der Waals surface area (Å²) in [5.41, 5.74) is 0. The topological polar surface area (TPSA) is 55.9 Å². The van der Waals surface area contributed by atoms with Gasteiger partial charge in [0.15, 0.2) is 11.9 Å². The predicted octanol–water partition coefficient (Wildman–Crippen LogP) is 7.65. The Balaban J connectivity index is 1.84. The predicted molar refractivity (Wildman–Crippen MR) is 132 cm³/mol. The minimum atomic E-state index is -0.406. The number of unbranched alkanes of at least 4 members (excludes halogenated alkanes) is 15. The van der Waals surface area contributed by atoms with Gasteiger partial charge in [-0.3, -0.25) is 0 Å². The zero-order valence-electron chi connectivity index (χ0n) is 20.4. The normalized spacial score (nSPS) is 11.9. The van der Waals surface area contributed by atoms with Crippen LogP contribution >= 0.6 is 0 Å². The maximum absolute atomic E-state index is 9.46. The molecule has 0 saturated carbocycles. The van der Waals surface area contributed by atoms with Crippen LogP contribution in [-0.2, 0) is 4.74 Å². The molecule has 0 aliphatic heterocycles. The van der Waals surface area contributed by atoms with Gasteiger partial charge in [0.2, 0.25) is 0 Å². The highest BCUT2D eigenvalue weighted by atomic mass is 16.5. The van der Waals surface area contributed by atoms with Gasteiger partial charge in [-0.2, -0.15) is 0 Å². The summed E-state index contributed by atoms with van der Waals surface area (Å²) in [6, 6.07) is 3.30. The molecule has 1 rings (SSSR count). The van der Waals surface area contributed by atoms with Gasteiger partial charge in [-0.25, -0.2) is 0 Å². The quantitative estimate of drug-likeness (QED) is 0.147. The summed E-state index contributed by atoms with van der Waals surface area (Å²) in [7, 11) is 0. The molecule has 32 heavy (non-hydrogen) atoms. The molecule has 5 heteroatoms. The van der Waals surface area contributed by atoms with Crippen LogP contribution in [-0.4, -0.2) is 36.0 Å². The highest BCUT2D eigenvalue weighted by Crippen LogP contribution is 2.16. The first kappa shape index (κ1) is 28.4. The van der Waals surface area contributed by atoms with Crippen molar-refractivity contribution in [2.75, 3.05) is 19.8 Å². The highest BCUT2D eigenvalue weighted by molar-refractivity contribution is 5.38. The summed E-state index contributed by atoms with van der Waals surface area (Å²) >= 11 is 0. The molecule has 1 N–H and O–H groups in total. The lowest BCUT2D eigenvalue weighted by Crippen LogP contribution is -2.27. The van der Waals surface area contributed by atoms with Crippen LogP contribution in [0.2, 0.25) is 0 Å². The third kappa shape index (κ3) is 16.1. The van der Waals surface area contributed by atoms with E-state index >= 15 is 0 Å². The van der Waals surface area contributed by atoms with Crippen LogP contribution in [0.3, 0.4) is 0 Å². The fourth-order valence-corrected chi connectivity index (χ4v) is 3.79. The molecule has 0 unspecified atom stereocenters. The van der Waals surface area contributed by atoms with E-state index in [0.29, 0.717) is 24.8 Å². The summed E-state index contributed by atoms with van der Waals surface area (Å²) in [4.78, 5) is 7.22. The number of rotatable bonds is 22. The van der Waals surface area contributed by atoms with Crippen molar-refractivity contribution in [3.8, 4) is 5.75 Å². The Morgan fingerprint density at radius 1 is 0.844 bits per heavy atom. The number of pyridine rings is 1. The number of aliphatic hydroxyl groups is 1. The molecule has 1 atom stereocenters. The molecular weight excluding hydrogens is 400 g/mol. The second-order valence-corrected chi connectivity index (χ2v) is 8.76. The first-order valence-electron chi connectivity index (χ1n) is 13.0. The summed E-state index contributed by atoms with van der Waals surface area (Å²) < 4.78 is 11.3. The lowest BCUT2D eigenvalue weighted by molar-refractivity contribution is 0.0187. The third-order valence-corrected chi connectivity index (χ3v) is 5.79. The van der Waals surface area contributed by atoms with Gasteiger partial charge >= 0.3 is 0 Å². The van der Waals surface area contributed by atoms with E-state index in [0.717, 1.165) is 6.42 Å². The lowest BCUT2D eigenvalue weighted by Gasteiger charge is -2.16. The number of hydrogen-bond acceptors (Lipinski definition) is 4. The van der Waals surface area contributed by atoms with Gasteiger partial charge in [0.05, 0.1) is 13.2 Å². The molecule has 0 amide bonds. The van der Waals surface area contributed by atoms with Crippen LogP contribution in [0.4, 0.5) is 5.82 Å². The smallest absolute Gasteiger partial charge is 0.269 e. The third-order valence-electron chi connectivity index (χ3n) is 5.79. The molecule has 0 aliphatic carbocycles. The van der Waals surface area contributed by atoms with Gasteiger partial charge in [0, 0.05) is 6.61 Å². The molecule has 0 bridgehead atoms. The molecule has 0 radical (unpaired) electrons. The molecule has 5 nitrogen and oxygen atoms in total. The van der Waals surface area contributed by atoms with Crippen LogP contribution in [0.15, 0.2) is 18.3 Å². The SMILES string of the molecule is [C-]#[N+]c1ccc(O[C@@H](CO)COCCCCCCCCCCCCCCCCCC)cn1. The molecule has 1 aromatic rings. The van der Waals surface area contributed by atoms with E-state index in [-0.39, 0.29) is 6.61 Å². The minimum absolute atomic E-state index is 0.108. The van der Waals surface area contributed by atoms with Crippen molar-refractivity contribution in [2.24, 2.45) is 0 Å². The standard InChI is InChI=1S/C27H46N2O3/c1-3-4-5-6-7-8-9-10-11-12-13-14-15-16-17-18-21-31-24-26(23-30)32-25-19-20-27(28-2)29-22-25/h19-20,22,26,30H,3-18,21,23-24H2,1H3/t26-/m0/s1. The average Bonchev–Trinajstić information content (AvgIpc) is 2.83. The number of nitrogens with zero attached hydrogens (tertiary/aromatic N) is 2. The van der Waals surface area contributed by atoms with E-state index in [4.69, 9.17) is 16.0 Å². The molecule has 0 fully saturated rings. The van der Waals surface area contributed by atoms with Crippen molar-refractivity contribution < 1.29 is 14.6 Å². The second-order valence-electron chi connectivity index (χ2n) is 8.76. The first-order chi connectivity index (χ1) is 15.8. The Morgan fingerprint density at radius 3 is 1.81 bits per heavy atom. The van der Waals surface area contributed by atoms with Gasteiger partial charge in [-0.05, 0) is 18.6 Å². The fraction of sp³-hybridized carbons (Fsp3) is 0.778.